The molecule has 1 aliphatic heterocycles. The third kappa shape index (κ3) is 4.95. The number of pyridine rings is 1. The summed E-state index contributed by atoms with van der Waals surface area (Å²) in [5.74, 6) is 0. The first kappa shape index (κ1) is 27.5. The van der Waals surface area contributed by atoms with E-state index < -0.39 is 52.9 Å². The Hall–Kier alpha value is -2.11. The van der Waals surface area contributed by atoms with Gasteiger partial charge in [0, 0.05) is 11.8 Å². The van der Waals surface area contributed by atoms with Gasteiger partial charge in [-0.15, -0.1) is 0 Å². The van der Waals surface area contributed by atoms with Gasteiger partial charge >= 0.3 is 6.09 Å². The largest absolute Gasteiger partial charge is 0.465 e. The molecule has 3 rings (SSSR count). The monoisotopic (exact) mass is 527 g/mol. The fraction of sp³-hybridized carbons (Fsp3) is 0.500. The maximum absolute atomic E-state index is 14.9. The van der Waals surface area contributed by atoms with Gasteiger partial charge in [0.25, 0.3) is 0 Å². The number of ether oxygens (including phenoxy) is 1. The number of carbonyl (C=O) groups is 1. The van der Waals surface area contributed by atoms with Gasteiger partial charge < -0.3 is 9.84 Å². The Kier molecular flexibility index (Phi) is 7.65. The van der Waals surface area contributed by atoms with Crippen LogP contribution in [0.4, 0.5) is 9.18 Å². The molecule has 4 atom stereocenters. The van der Waals surface area contributed by atoms with Crippen molar-refractivity contribution in [3.05, 3.63) is 52.8 Å². The quantitative estimate of drug-likeness (QED) is 0.413. The highest BCUT2D eigenvalue weighted by molar-refractivity contribution is 7.77. The Balaban J connectivity index is 1.99. The fourth-order valence-electron chi connectivity index (χ4n) is 4.82. The predicted molar refractivity (Wildman–Crippen MR) is 133 cm³/mol. The van der Waals surface area contributed by atoms with E-state index in [0.29, 0.717) is 16.3 Å². The molecule has 0 spiro atoms. The molecule has 0 aliphatic carbocycles. The van der Waals surface area contributed by atoms with Crippen LogP contribution in [0.25, 0.3) is 11.1 Å². The lowest BCUT2D eigenvalue weighted by Gasteiger charge is -2.48. The van der Waals surface area contributed by atoms with Crippen LogP contribution in [0.15, 0.2) is 36.5 Å². The van der Waals surface area contributed by atoms with Crippen LogP contribution in [-0.2, 0) is 16.0 Å². The molecule has 0 radical (unpaired) electrons. The van der Waals surface area contributed by atoms with Crippen molar-refractivity contribution < 1.29 is 27.8 Å². The molecule has 1 saturated heterocycles. The molecule has 8 nitrogen and oxygen atoms in total. The first-order valence-corrected chi connectivity index (χ1v) is 12.5. The number of benzene rings is 1. The molecule has 1 aromatic carbocycles. The Labute approximate surface area is 212 Å². The van der Waals surface area contributed by atoms with E-state index in [1.54, 1.807) is 45.2 Å². The zero-order valence-electron chi connectivity index (χ0n) is 20.5. The molecule has 0 bridgehead atoms. The first-order valence-electron chi connectivity index (χ1n) is 11.1. The first-order chi connectivity index (χ1) is 16.2. The molecule has 2 aromatic rings. The number of amides is 1. The van der Waals surface area contributed by atoms with Gasteiger partial charge in [-0.05, 0) is 43.4 Å². The maximum Gasteiger partial charge on any atom is 0.410 e. The van der Waals surface area contributed by atoms with E-state index in [9.17, 15) is 18.5 Å². The minimum atomic E-state index is -2.20. The number of alkyl halides is 1. The number of halogens is 2. The molecule has 11 heteroatoms. The van der Waals surface area contributed by atoms with Crippen LogP contribution < -0.4 is 4.72 Å². The second kappa shape index (κ2) is 9.74. The fourth-order valence-corrected chi connectivity index (χ4v) is 5.57. The zero-order chi connectivity index (χ0) is 26.3. The van der Waals surface area contributed by atoms with Gasteiger partial charge in [-0.25, -0.2) is 18.1 Å². The van der Waals surface area contributed by atoms with Gasteiger partial charge in [-0.2, -0.15) is 0 Å². The Morgan fingerprint density at radius 3 is 2.37 bits per heavy atom. The lowest BCUT2D eigenvalue weighted by atomic mass is 9.68. The smallest absolute Gasteiger partial charge is 0.410 e. The van der Waals surface area contributed by atoms with Crippen LogP contribution in [0.5, 0.6) is 0 Å². The maximum atomic E-state index is 14.9. The summed E-state index contributed by atoms with van der Waals surface area (Å²) in [6.07, 6.45) is -0.462. The summed E-state index contributed by atoms with van der Waals surface area (Å²) in [6, 6.07) is 8.39. The van der Waals surface area contributed by atoms with Crippen molar-refractivity contribution in [2.24, 2.45) is 5.41 Å². The average Bonchev–Trinajstić information content (AvgIpc) is 3.01. The normalized spacial score (nSPS) is 23.8. The van der Waals surface area contributed by atoms with Crippen LogP contribution >= 0.6 is 11.6 Å². The summed E-state index contributed by atoms with van der Waals surface area (Å²) in [7, 11) is 0. The zero-order valence-corrected chi connectivity index (χ0v) is 22.1. The highest BCUT2D eigenvalue weighted by atomic mass is 35.5. The molecule has 1 aliphatic rings. The van der Waals surface area contributed by atoms with E-state index in [1.165, 1.54) is 0 Å². The number of carboxylic acid groups (broad SMARTS) is 1. The number of rotatable bonds is 6. The number of hydrogen-bond acceptors (Lipinski definition) is 4. The summed E-state index contributed by atoms with van der Waals surface area (Å²) < 4.78 is 43.5. The number of aromatic nitrogens is 1. The number of nitrogens with zero attached hydrogens (tertiary/aromatic N) is 2. The summed E-state index contributed by atoms with van der Waals surface area (Å²) >= 11 is 4.17. The van der Waals surface area contributed by atoms with Gasteiger partial charge in [0.1, 0.15) is 24.0 Å². The molecule has 2 heterocycles. The van der Waals surface area contributed by atoms with Crippen molar-refractivity contribution in [3.63, 3.8) is 0 Å². The lowest BCUT2D eigenvalue weighted by molar-refractivity contribution is -0.0696. The summed E-state index contributed by atoms with van der Waals surface area (Å²) in [5.41, 5.74) is -0.852. The molecule has 1 aromatic heterocycles. The molecule has 1 amide bonds. The van der Waals surface area contributed by atoms with Crippen LogP contribution in [0.1, 0.15) is 64.9 Å². The molecule has 35 heavy (non-hydrogen) atoms. The third-order valence-electron chi connectivity index (χ3n) is 6.58. The predicted octanol–water partition coefficient (Wildman–Crippen LogP) is 5.73. The van der Waals surface area contributed by atoms with Crippen LogP contribution in [-0.4, -0.2) is 47.8 Å². The van der Waals surface area contributed by atoms with Crippen molar-refractivity contribution in [3.8, 4) is 11.1 Å². The SMILES string of the molecule is CC(NS(=O)O)c1ncc(-c2ccc([C@H]3OC(C)(C)N(C(=O)O)[C@@]3(CF)C(C)(C)C)cc2)cc1Cl. The Morgan fingerprint density at radius 1 is 1.31 bits per heavy atom. The van der Waals surface area contributed by atoms with E-state index in [2.05, 4.69) is 9.71 Å². The molecule has 3 N–H and O–H groups in total. The lowest BCUT2D eigenvalue weighted by Crippen LogP contribution is -2.63. The Morgan fingerprint density at radius 2 is 1.91 bits per heavy atom. The third-order valence-corrected chi connectivity index (χ3v) is 7.43. The minimum Gasteiger partial charge on any atom is -0.465 e. The van der Waals surface area contributed by atoms with Crippen LogP contribution in [0.2, 0.25) is 5.02 Å². The van der Waals surface area contributed by atoms with Crippen molar-refractivity contribution >= 4 is 29.0 Å². The summed E-state index contributed by atoms with van der Waals surface area (Å²) in [4.78, 5) is 17.7. The van der Waals surface area contributed by atoms with Gasteiger partial charge in [0.2, 0.25) is 11.3 Å². The standard InChI is InChI=1S/C24H31ClFN3O5S/c1-14(28-35(32)33)19-18(25)11-17(12-27-19)15-7-9-16(10-8-15)20-24(13-26,22(2,3)4)29(21(30)31)23(5,6)34-20/h7-12,14,20,28H,13H2,1-6H3,(H,30,31)(H,32,33)/t14?,20-,24-/m1/s1. The van der Waals surface area contributed by atoms with Crippen molar-refractivity contribution in [2.75, 3.05) is 6.67 Å². The molecule has 2 unspecified atom stereocenters. The van der Waals surface area contributed by atoms with E-state index in [-0.39, 0.29) is 0 Å². The second-order valence-electron chi connectivity index (χ2n) is 10.2. The topological polar surface area (TPSA) is 112 Å². The molecular weight excluding hydrogens is 497 g/mol. The van der Waals surface area contributed by atoms with E-state index >= 15 is 0 Å². The van der Waals surface area contributed by atoms with E-state index in [4.69, 9.17) is 20.9 Å². The number of hydrogen-bond donors (Lipinski definition) is 3. The molecular formula is C24H31ClFN3O5S. The highest BCUT2D eigenvalue weighted by Gasteiger charge is 2.66. The van der Waals surface area contributed by atoms with Crippen molar-refractivity contribution in [2.45, 2.75) is 65.0 Å². The Bertz CT molecular complexity index is 1130. The van der Waals surface area contributed by atoms with Crippen LogP contribution in [0.3, 0.4) is 0 Å². The van der Waals surface area contributed by atoms with Crippen molar-refractivity contribution in [1.29, 1.82) is 0 Å². The van der Waals surface area contributed by atoms with Crippen molar-refractivity contribution in [1.82, 2.24) is 14.6 Å². The minimum absolute atomic E-state index is 0.333. The molecule has 0 saturated carbocycles. The van der Waals surface area contributed by atoms with Gasteiger partial charge in [0.05, 0.1) is 16.8 Å². The average molecular weight is 528 g/mol. The second-order valence-corrected chi connectivity index (χ2v) is 11.3. The van der Waals surface area contributed by atoms with Gasteiger partial charge in [-0.1, -0.05) is 56.6 Å². The van der Waals surface area contributed by atoms with Crippen LogP contribution in [0, 0.1) is 5.41 Å². The highest BCUT2D eigenvalue weighted by Crippen LogP contribution is 2.56. The summed E-state index contributed by atoms with van der Waals surface area (Å²) in [6.45, 7) is 9.45. The van der Waals surface area contributed by atoms with E-state index in [1.807, 2.05) is 32.9 Å². The summed E-state index contributed by atoms with van der Waals surface area (Å²) in [5, 5.41) is 10.3. The van der Waals surface area contributed by atoms with Gasteiger partial charge in [-0.3, -0.25) is 14.4 Å². The van der Waals surface area contributed by atoms with Gasteiger partial charge in [0.15, 0.2) is 0 Å². The molecule has 1 fully saturated rings. The number of nitrogens with one attached hydrogen (secondary N) is 1. The van der Waals surface area contributed by atoms with E-state index in [0.717, 1.165) is 16.0 Å². The molecule has 192 valence electrons.